The van der Waals surface area contributed by atoms with Crippen LogP contribution in [-0.4, -0.2) is 22.0 Å². The molecule has 0 saturated heterocycles. The van der Waals surface area contributed by atoms with E-state index in [1.807, 2.05) is 44.2 Å². The van der Waals surface area contributed by atoms with Crippen LogP contribution >= 0.6 is 23.2 Å². The SMILES string of the molecule is CC(C)CN(C(=O)c1ccc(Cl)c(Cl)c1)c1c(N)n(Cc2ccccc2)c(=O)[nH]c1=O. The Bertz CT molecular complexity index is 1220. The number of hydrogen-bond acceptors (Lipinski definition) is 4. The normalized spacial score (nSPS) is 11.0. The maximum absolute atomic E-state index is 13.3. The number of benzene rings is 2. The van der Waals surface area contributed by atoms with Gasteiger partial charge in [-0.1, -0.05) is 67.4 Å². The first kappa shape index (κ1) is 22.7. The van der Waals surface area contributed by atoms with Gasteiger partial charge in [0, 0.05) is 12.1 Å². The van der Waals surface area contributed by atoms with E-state index in [1.54, 1.807) is 0 Å². The number of H-pyrrole nitrogens is 1. The molecule has 9 heteroatoms. The van der Waals surface area contributed by atoms with Crippen LogP contribution in [0.25, 0.3) is 0 Å². The Kier molecular flexibility index (Phi) is 6.87. The number of nitrogen functional groups attached to an aromatic ring is 1. The van der Waals surface area contributed by atoms with Gasteiger partial charge in [0.05, 0.1) is 16.6 Å². The Morgan fingerprint density at radius 3 is 2.39 bits per heavy atom. The van der Waals surface area contributed by atoms with Gasteiger partial charge < -0.3 is 10.6 Å². The maximum atomic E-state index is 13.3. The fourth-order valence-corrected chi connectivity index (χ4v) is 3.49. The molecular formula is C22H22Cl2N4O3. The molecule has 0 fully saturated rings. The molecule has 7 nitrogen and oxygen atoms in total. The lowest BCUT2D eigenvalue weighted by atomic mass is 10.1. The van der Waals surface area contributed by atoms with Crippen molar-refractivity contribution in [3.8, 4) is 0 Å². The Hall–Kier alpha value is -3.03. The molecule has 3 aromatic rings. The Labute approximate surface area is 189 Å². The van der Waals surface area contributed by atoms with Crippen molar-refractivity contribution in [3.05, 3.63) is 90.5 Å². The standard InChI is InChI=1S/C22H22Cl2N4O3/c1-13(2)11-27(21(30)15-8-9-16(23)17(24)10-15)18-19(25)28(22(31)26-20(18)29)12-14-6-4-3-5-7-14/h3-10,13H,11-12,25H2,1-2H3,(H,26,29,31). The van der Waals surface area contributed by atoms with Crippen molar-refractivity contribution in [1.82, 2.24) is 9.55 Å². The van der Waals surface area contributed by atoms with Crippen LogP contribution in [0.2, 0.25) is 10.0 Å². The zero-order chi connectivity index (χ0) is 22.7. The van der Waals surface area contributed by atoms with Crippen LogP contribution in [0.15, 0.2) is 58.1 Å². The van der Waals surface area contributed by atoms with Crippen molar-refractivity contribution in [3.63, 3.8) is 0 Å². The minimum absolute atomic E-state index is 0.0139. The molecule has 0 spiro atoms. The highest BCUT2D eigenvalue weighted by Gasteiger charge is 2.26. The molecule has 0 radical (unpaired) electrons. The molecule has 162 valence electrons. The van der Waals surface area contributed by atoms with E-state index in [4.69, 9.17) is 28.9 Å². The Balaban J connectivity index is 2.13. The molecule has 1 amide bonds. The summed E-state index contributed by atoms with van der Waals surface area (Å²) >= 11 is 12.0. The van der Waals surface area contributed by atoms with Gasteiger partial charge in [-0.2, -0.15) is 0 Å². The molecule has 0 aliphatic rings. The lowest BCUT2D eigenvalue weighted by Crippen LogP contribution is -2.42. The summed E-state index contributed by atoms with van der Waals surface area (Å²) in [6, 6.07) is 13.7. The third-order valence-electron chi connectivity index (χ3n) is 4.63. The number of aromatic nitrogens is 2. The summed E-state index contributed by atoms with van der Waals surface area (Å²) < 4.78 is 1.24. The summed E-state index contributed by atoms with van der Waals surface area (Å²) in [7, 11) is 0. The van der Waals surface area contributed by atoms with Crippen molar-refractivity contribution in [2.45, 2.75) is 20.4 Å². The predicted molar refractivity (Wildman–Crippen MR) is 124 cm³/mol. The molecule has 0 unspecified atom stereocenters. The number of amides is 1. The topological polar surface area (TPSA) is 101 Å². The highest BCUT2D eigenvalue weighted by Crippen LogP contribution is 2.26. The number of nitrogens with one attached hydrogen (secondary N) is 1. The zero-order valence-electron chi connectivity index (χ0n) is 17.1. The molecule has 1 heterocycles. The monoisotopic (exact) mass is 460 g/mol. The van der Waals surface area contributed by atoms with Gasteiger partial charge in [0.15, 0.2) is 5.69 Å². The van der Waals surface area contributed by atoms with Crippen LogP contribution in [0.4, 0.5) is 11.5 Å². The molecule has 0 atom stereocenters. The van der Waals surface area contributed by atoms with Crippen LogP contribution in [0.3, 0.4) is 0 Å². The van der Waals surface area contributed by atoms with E-state index in [9.17, 15) is 14.4 Å². The van der Waals surface area contributed by atoms with Crippen molar-refractivity contribution >= 4 is 40.6 Å². The van der Waals surface area contributed by atoms with Crippen LogP contribution in [0.5, 0.6) is 0 Å². The molecule has 0 bridgehead atoms. The summed E-state index contributed by atoms with van der Waals surface area (Å²) in [5.74, 6) is -0.555. The second-order valence-electron chi connectivity index (χ2n) is 7.50. The molecule has 1 aromatic heterocycles. The van der Waals surface area contributed by atoms with E-state index < -0.39 is 17.2 Å². The van der Waals surface area contributed by atoms with Gasteiger partial charge in [-0.05, 0) is 29.7 Å². The fraction of sp³-hybridized carbons (Fsp3) is 0.227. The van der Waals surface area contributed by atoms with Crippen molar-refractivity contribution < 1.29 is 4.79 Å². The zero-order valence-corrected chi connectivity index (χ0v) is 18.6. The number of halogens is 2. The number of aromatic amines is 1. The van der Waals surface area contributed by atoms with E-state index >= 15 is 0 Å². The quantitative estimate of drug-likeness (QED) is 0.584. The summed E-state index contributed by atoms with van der Waals surface area (Å²) in [6.07, 6.45) is 0. The minimum atomic E-state index is -0.735. The molecule has 3 N–H and O–H groups in total. The number of carbonyl (C=O) groups excluding carboxylic acids is 1. The summed E-state index contributed by atoms with van der Waals surface area (Å²) in [4.78, 5) is 42.1. The maximum Gasteiger partial charge on any atom is 0.330 e. The number of carbonyl (C=O) groups is 1. The van der Waals surface area contributed by atoms with Crippen LogP contribution in [0, 0.1) is 5.92 Å². The van der Waals surface area contributed by atoms with Crippen molar-refractivity contribution in [1.29, 1.82) is 0 Å². The van der Waals surface area contributed by atoms with E-state index in [-0.39, 0.29) is 41.1 Å². The molecule has 2 aromatic carbocycles. The summed E-state index contributed by atoms with van der Waals surface area (Å²) in [5.41, 5.74) is 5.88. The Morgan fingerprint density at radius 1 is 1.10 bits per heavy atom. The number of nitrogens with zero attached hydrogens (tertiary/aromatic N) is 2. The van der Waals surface area contributed by atoms with Crippen molar-refractivity contribution in [2.24, 2.45) is 5.92 Å². The third-order valence-corrected chi connectivity index (χ3v) is 5.37. The van der Waals surface area contributed by atoms with Crippen LogP contribution in [0.1, 0.15) is 29.8 Å². The number of nitrogens with two attached hydrogens (primary N) is 1. The Morgan fingerprint density at radius 2 is 1.77 bits per heavy atom. The van der Waals surface area contributed by atoms with Gasteiger partial charge >= 0.3 is 5.69 Å². The molecule has 0 aliphatic heterocycles. The third kappa shape index (κ3) is 5.00. The second-order valence-corrected chi connectivity index (χ2v) is 8.32. The first-order valence-corrected chi connectivity index (χ1v) is 10.4. The minimum Gasteiger partial charge on any atom is -0.383 e. The average molecular weight is 461 g/mol. The lowest BCUT2D eigenvalue weighted by Gasteiger charge is -2.26. The fourth-order valence-electron chi connectivity index (χ4n) is 3.19. The first-order valence-electron chi connectivity index (χ1n) is 9.62. The second kappa shape index (κ2) is 9.41. The molecular weight excluding hydrogens is 439 g/mol. The molecule has 31 heavy (non-hydrogen) atoms. The predicted octanol–water partition coefficient (Wildman–Crippen LogP) is 3.78. The highest BCUT2D eigenvalue weighted by atomic mass is 35.5. The summed E-state index contributed by atoms with van der Waals surface area (Å²) in [5, 5.41) is 0.523. The largest absolute Gasteiger partial charge is 0.383 e. The average Bonchev–Trinajstić information content (AvgIpc) is 2.72. The van der Waals surface area contributed by atoms with E-state index in [0.29, 0.717) is 5.02 Å². The number of anilines is 2. The molecule has 0 saturated carbocycles. The van der Waals surface area contributed by atoms with Crippen LogP contribution < -0.4 is 21.9 Å². The van der Waals surface area contributed by atoms with Gasteiger partial charge in [-0.3, -0.25) is 19.1 Å². The van der Waals surface area contributed by atoms with Gasteiger partial charge in [0.1, 0.15) is 5.82 Å². The van der Waals surface area contributed by atoms with Gasteiger partial charge in [0.25, 0.3) is 11.5 Å². The first-order chi connectivity index (χ1) is 14.7. The number of rotatable bonds is 6. The molecule has 0 aliphatic carbocycles. The van der Waals surface area contributed by atoms with E-state index in [1.165, 1.54) is 27.7 Å². The summed E-state index contributed by atoms with van der Waals surface area (Å²) in [6.45, 7) is 4.15. The van der Waals surface area contributed by atoms with Gasteiger partial charge in [-0.25, -0.2) is 4.79 Å². The lowest BCUT2D eigenvalue weighted by molar-refractivity contribution is 0.0983. The van der Waals surface area contributed by atoms with Crippen molar-refractivity contribution in [2.75, 3.05) is 17.2 Å². The van der Waals surface area contributed by atoms with Gasteiger partial charge in [-0.15, -0.1) is 0 Å². The van der Waals surface area contributed by atoms with Crippen LogP contribution in [-0.2, 0) is 6.54 Å². The highest BCUT2D eigenvalue weighted by molar-refractivity contribution is 6.42. The molecule has 3 rings (SSSR count). The smallest absolute Gasteiger partial charge is 0.330 e. The van der Waals surface area contributed by atoms with E-state index in [0.717, 1.165) is 5.56 Å². The number of hydrogen-bond donors (Lipinski definition) is 2. The van der Waals surface area contributed by atoms with Gasteiger partial charge in [0.2, 0.25) is 0 Å². The van der Waals surface area contributed by atoms with E-state index in [2.05, 4.69) is 4.98 Å².